The van der Waals surface area contributed by atoms with Crippen LogP contribution < -0.4 is 4.90 Å². The van der Waals surface area contributed by atoms with Crippen molar-refractivity contribution in [3.05, 3.63) is 175 Å². The topological polar surface area (TPSA) is 42.2 Å². The second-order valence-electron chi connectivity index (χ2n) is 13.8. The van der Waals surface area contributed by atoms with Gasteiger partial charge in [-0.3, -0.25) is 0 Å². The first-order valence-corrected chi connectivity index (χ1v) is 17.4. The number of rotatable bonds is 5. The second kappa shape index (κ2) is 11.3. The number of benzene rings is 7. The van der Waals surface area contributed by atoms with Crippen molar-refractivity contribution in [1.29, 1.82) is 0 Å². The Morgan fingerprint density at radius 1 is 0.510 bits per heavy atom. The standard InChI is InChI=1S/C47H33N3O/c1-47(2)37-20-9-6-17-35(37)43-38(47)21-13-23-40(43)50(41-24-12-19-34-33-16-8-11-25-42(33)51-45(34)41)32-28-26-31(27-29-32)46-48-39-22-10-7-18-36(39)44(49-46)30-14-4-3-5-15-30/h3-29H,1-2H3. The van der Waals surface area contributed by atoms with Crippen LogP contribution in [0.4, 0.5) is 17.1 Å². The van der Waals surface area contributed by atoms with E-state index in [9.17, 15) is 0 Å². The summed E-state index contributed by atoms with van der Waals surface area (Å²) in [6.07, 6.45) is 0. The molecule has 0 N–H and O–H groups in total. The molecule has 2 heterocycles. The molecule has 4 nitrogen and oxygen atoms in total. The van der Waals surface area contributed by atoms with Crippen molar-refractivity contribution >= 4 is 49.9 Å². The van der Waals surface area contributed by atoms with Gasteiger partial charge >= 0.3 is 0 Å². The third-order valence-corrected chi connectivity index (χ3v) is 10.5. The highest BCUT2D eigenvalue weighted by molar-refractivity contribution is 6.11. The number of hydrogen-bond acceptors (Lipinski definition) is 4. The zero-order chi connectivity index (χ0) is 34.1. The maximum atomic E-state index is 6.66. The van der Waals surface area contributed by atoms with Gasteiger partial charge in [-0.2, -0.15) is 0 Å². The van der Waals surface area contributed by atoms with Crippen molar-refractivity contribution in [2.24, 2.45) is 0 Å². The van der Waals surface area contributed by atoms with Crippen LogP contribution in [0, 0.1) is 0 Å². The van der Waals surface area contributed by atoms with Crippen LogP contribution >= 0.6 is 0 Å². The Morgan fingerprint density at radius 2 is 1.18 bits per heavy atom. The van der Waals surface area contributed by atoms with Gasteiger partial charge in [0.05, 0.1) is 22.6 Å². The molecule has 9 aromatic rings. The fraction of sp³-hybridized carbons (Fsp3) is 0.0638. The molecule has 7 aromatic carbocycles. The van der Waals surface area contributed by atoms with E-state index in [1.165, 1.54) is 22.3 Å². The highest BCUT2D eigenvalue weighted by atomic mass is 16.3. The largest absolute Gasteiger partial charge is 0.454 e. The minimum absolute atomic E-state index is 0.132. The summed E-state index contributed by atoms with van der Waals surface area (Å²) in [6.45, 7) is 4.65. The van der Waals surface area contributed by atoms with Crippen LogP contribution in [0.15, 0.2) is 168 Å². The van der Waals surface area contributed by atoms with Crippen molar-refractivity contribution in [1.82, 2.24) is 9.97 Å². The van der Waals surface area contributed by atoms with Gasteiger partial charge in [-0.25, -0.2) is 9.97 Å². The molecular weight excluding hydrogens is 623 g/mol. The van der Waals surface area contributed by atoms with Gasteiger partial charge in [0.25, 0.3) is 0 Å². The molecule has 1 aliphatic carbocycles. The van der Waals surface area contributed by atoms with Crippen LogP contribution in [-0.4, -0.2) is 9.97 Å². The summed E-state index contributed by atoms with van der Waals surface area (Å²) in [5.41, 5.74) is 13.8. The van der Waals surface area contributed by atoms with E-state index >= 15 is 0 Å². The number of anilines is 3. The van der Waals surface area contributed by atoms with E-state index in [2.05, 4.69) is 152 Å². The minimum atomic E-state index is -0.132. The molecule has 0 radical (unpaired) electrons. The number of para-hydroxylation sites is 3. The van der Waals surface area contributed by atoms with Crippen molar-refractivity contribution < 1.29 is 4.42 Å². The van der Waals surface area contributed by atoms with Gasteiger partial charge in [0.15, 0.2) is 11.4 Å². The second-order valence-corrected chi connectivity index (χ2v) is 13.8. The van der Waals surface area contributed by atoms with Gasteiger partial charge in [0.1, 0.15) is 5.58 Å². The SMILES string of the molecule is CC1(C)c2ccccc2-c2c(N(c3ccc(-c4nc(-c5ccccc5)c5ccccc5n4)cc3)c3cccc4c3oc3ccccc34)cccc21. The zero-order valence-electron chi connectivity index (χ0n) is 28.3. The van der Waals surface area contributed by atoms with Crippen molar-refractivity contribution in [2.45, 2.75) is 19.3 Å². The zero-order valence-corrected chi connectivity index (χ0v) is 28.3. The quantitative estimate of drug-likeness (QED) is 0.185. The third kappa shape index (κ3) is 4.53. The van der Waals surface area contributed by atoms with E-state index in [-0.39, 0.29) is 5.41 Å². The number of furan rings is 1. The van der Waals surface area contributed by atoms with E-state index in [4.69, 9.17) is 14.4 Å². The summed E-state index contributed by atoms with van der Waals surface area (Å²) in [5.74, 6) is 0.696. The normalized spacial score (nSPS) is 13.1. The molecule has 0 aliphatic heterocycles. The van der Waals surface area contributed by atoms with E-state index in [0.29, 0.717) is 5.82 Å². The first-order chi connectivity index (χ1) is 25.1. The summed E-state index contributed by atoms with van der Waals surface area (Å²) in [7, 11) is 0. The maximum Gasteiger partial charge on any atom is 0.160 e. The third-order valence-electron chi connectivity index (χ3n) is 10.5. The number of hydrogen-bond donors (Lipinski definition) is 0. The van der Waals surface area contributed by atoms with Crippen LogP contribution in [0.1, 0.15) is 25.0 Å². The predicted molar refractivity (Wildman–Crippen MR) is 210 cm³/mol. The lowest BCUT2D eigenvalue weighted by atomic mass is 9.82. The molecule has 0 spiro atoms. The molecule has 0 bridgehead atoms. The Morgan fingerprint density at radius 3 is 2.04 bits per heavy atom. The molecule has 51 heavy (non-hydrogen) atoms. The highest BCUT2D eigenvalue weighted by Crippen LogP contribution is 2.55. The Bertz CT molecular complexity index is 2780. The molecule has 0 amide bonds. The Labute approximate surface area is 296 Å². The summed E-state index contributed by atoms with van der Waals surface area (Å²) >= 11 is 0. The molecule has 0 fully saturated rings. The van der Waals surface area contributed by atoms with Crippen molar-refractivity contribution in [3.63, 3.8) is 0 Å². The summed E-state index contributed by atoms with van der Waals surface area (Å²) in [6, 6.07) is 57.5. The van der Waals surface area contributed by atoms with E-state index < -0.39 is 0 Å². The van der Waals surface area contributed by atoms with Gasteiger partial charge in [-0.1, -0.05) is 129 Å². The van der Waals surface area contributed by atoms with Crippen molar-refractivity contribution in [3.8, 4) is 33.8 Å². The number of aromatic nitrogens is 2. The maximum absolute atomic E-state index is 6.66. The summed E-state index contributed by atoms with van der Waals surface area (Å²) in [5, 5.41) is 3.24. The summed E-state index contributed by atoms with van der Waals surface area (Å²) < 4.78 is 6.66. The van der Waals surface area contributed by atoms with E-state index in [1.54, 1.807) is 0 Å². The molecule has 4 heteroatoms. The Hall–Kier alpha value is -6.52. The lowest BCUT2D eigenvalue weighted by molar-refractivity contribution is 0.660. The van der Waals surface area contributed by atoms with Crippen LogP contribution in [0.3, 0.4) is 0 Å². The van der Waals surface area contributed by atoms with Gasteiger partial charge in [0.2, 0.25) is 0 Å². The van der Waals surface area contributed by atoms with Gasteiger partial charge in [-0.15, -0.1) is 0 Å². The molecule has 0 saturated heterocycles. The molecule has 0 atom stereocenters. The van der Waals surface area contributed by atoms with Crippen LogP contribution in [0.5, 0.6) is 0 Å². The average molecular weight is 656 g/mol. The fourth-order valence-corrected chi connectivity index (χ4v) is 8.02. The molecule has 10 rings (SSSR count). The monoisotopic (exact) mass is 655 g/mol. The molecule has 0 unspecified atom stereocenters. The lowest BCUT2D eigenvalue weighted by Gasteiger charge is -2.29. The predicted octanol–water partition coefficient (Wildman–Crippen LogP) is 12.6. The highest BCUT2D eigenvalue weighted by Gasteiger charge is 2.38. The molecule has 242 valence electrons. The Balaban J connectivity index is 1.19. The first kappa shape index (κ1) is 29.4. The van der Waals surface area contributed by atoms with Crippen molar-refractivity contribution in [2.75, 3.05) is 4.90 Å². The Kier molecular flexibility index (Phi) is 6.49. The van der Waals surface area contributed by atoms with Gasteiger partial charge in [0, 0.05) is 44.0 Å². The van der Waals surface area contributed by atoms with Gasteiger partial charge in [-0.05, 0) is 65.2 Å². The molecule has 0 saturated carbocycles. The molecule has 2 aromatic heterocycles. The van der Waals surface area contributed by atoms with Crippen LogP contribution in [0.2, 0.25) is 0 Å². The van der Waals surface area contributed by atoms with E-state index in [0.717, 1.165) is 66.7 Å². The summed E-state index contributed by atoms with van der Waals surface area (Å²) in [4.78, 5) is 12.5. The van der Waals surface area contributed by atoms with Crippen LogP contribution in [-0.2, 0) is 5.41 Å². The number of fused-ring (bicyclic) bond motifs is 7. The molecular formula is C47H33N3O. The smallest absolute Gasteiger partial charge is 0.160 e. The average Bonchev–Trinajstić information content (AvgIpc) is 3.68. The first-order valence-electron chi connectivity index (χ1n) is 17.4. The molecule has 1 aliphatic rings. The van der Waals surface area contributed by atoms with E-state index in [1.807, 2.05) is 30.3 Å². The van der Waals surface area contributed by atoms with Crippen LogP contribution in [0.25, 0.3) is 66.6 Å². The number of nitrogens with zero attached hydrogens (tertiary/aromatic N) is 3. The lowest BCUT2D eigenvalue weighted by Crippen LogP contribution is -2.16. The van der Waals surface area contributed by atoms with Gasteiger partial charge < -0.3 is 9.32 Å². The minimum Gasteiger partial charge on any atom is -0.454 e. The fourth-order valence-electron chi connectivity index (χ4n) is 8.02.